The van der Waals surface area contributed by atoms with Gasteiger partial charge in [-0.05, 0) is 32.9 Å². The summed E-state index contributed by atoms with van der Waals surface area (Å²) in [4.78, 5) is 37.0. The first-order valence-electron chi connectivity index (χ1n) is 9.76. The highest BCUT2D eigenvalue weighted by Gasteiger charge is 2.51. The average molecular weight is 464 g/mol. The Morgan fingerprint density at radius 1 is 1.03 bits per heavy atom. The molecular formula is C18H29N2O10P. The number of hydrogen-bond donors (Lipinski definition) is 1. The minimum atomic E-state index is -3.49. The summed E-state index contributed by atoms with van der Waals surface area (Å²) in [5.74, 6) is -2.77. The zero-order valence-electron chi connectivity index (χ0n) is 18.3. The molecule has 0 radical (unpaired) electrons. The van der Waals surface area contributed by atoms with Gasteiger partial charge in [0.2, 0.25) is 11.4 Å². The fraction of sp³-hybridized carbons (Fsp3) is 0.667. The molecule has 0 saturated heterocycles. The third kappa shape index (κ3) is 7.64. The van der Waals surface area contributed by atoms with Gasteiger partial charge < -0.3 is 33.1 Å². The first kappa shape index (κ1) is 26.6. The van der Waals surface area contributed by atoms with Crippen LogP contribution in [0, 0.1) is 0 Å². The van der Waals surface area contributed by atoms with Gasteiger partial charge >= 0.3 is 19.5 Å². The van der Waals surface area contributed by atoms with E-state index in [-0.39, 0.29) is 38.1 Å². The zero-order chi connectivity index (χ0) is 23.5. The standard InChI is InChI=1S/C18H29N2O10P/c1-6-25-16(22)18(19-13(5)21,17(23)26-7-2)11-14-10-15(20-30-14)27-12-31(24,28-8-3)29-9-4/h10H,6-9,11-12H2,1-5H3,(H,19,21). The van der Waals surface area contributed by atoms with E-state index in [9.17, 15) is 18.9 Å². The Balaban J connectivity index is 3.11. The van der Waals surface area contributed by atoms with Crippen molar-refractivity contribution in [2.45, 2.75) is 46.6 Å². The fourth-order valence-corrected chi connectivity index (χ4v) is 3.84. The lowest BCUT2D eigenvalue weighted by Crippen LogP contribution is -2.62. The topological polar surface area (TPSA) is 152 Å². The highest BCUT2D eigenvalue weighted by Crippen LogP contribution is 2.47. The minimum Gasteiger partial charge on any atom is -0.464 e. The van der Waals surface area contributed by atoms with E-state index in [2.05, 4.69) is 10.5 Å². The van der Waals surface area contributed by atoms with Crippen molar-refractivity contribution in [3.63, 3.8) is 0 Å². The quantitative estimate of drug-likeness (QED) is 0.244. The molecule has 0 aliphatic rings. The van der Waals surface area contributed by atoms with Gasteiger partial charge in [0.1, 0.15) is 5.76 Å². The summed E-state index contributed by atoms with van der Waals surface area (Å²) < 4.78 is 43.1. The molecule has 1 rings (SSSR count). The maximum absolute atomic E-state index is 12.6. The Kier molecular flexibility index (Phi) is 10.7. The minimum absolute atomic E-state index is 0.00695. The van der Waals surface area contributed by atoms with Crippen molar-refractivity contribution in [3.8, 4) is 5.88 Å². The Morgan fingerprint density at radius 2 is 1.58 bits per heavy atom. The number of rotatable bonds is 14. The molecule has 1 aromatic rings. The van der Waals surface area contributed by atoms with Gasteiger partial charge in [0.15, 0.2) is 6.35 Å². The van der Waals surface area contributed by atoms with Crippen molar-refractivity contribution >= 4 is 25.4 Å². The maximum Gasteiger partial charge on any atom is 0.367 e. The van der Waals surface area contributed by atoms with Gasteiger partial charge in [-0.15, -0.1) is 0 Å². The predicted molar refractivity (Wildman–Crippen MR) is 106 cm³/mol. The molecular weight excluding hydrogens is 435 g/mol. The number of hydrogen-bond acceptors (Lipinski definition) is 11. The first-order chi connectivity index (χ1) is 14.7. The smallest absolute Gasteiger partial charge is 0.367 e. The van der Waals surface area contributed by atoms with E-state index in [4.69, 9.17) is 27.8 Å². The number of esters is 2. The van der Waals surface area contributed by atoms with Crippen LogP contribution in [0.1, 0.15) is 40.4 Å². The summed E-state index contributed by atoms with van der Waals surface area (Å²) >= 11 is 0. The second kappa shape index (κ2) is 12.4. The molecule has 0 aromatic carbocycles. The summed E-state index contributed by atoms with van der Waals surface area (Å²) in [6.07, 6.45) is -0.873. The highest BCUT2D eigenvalue weighted by molar-refractivity contribution is 7.53. The van der Waals surface area contributed by atoms with E-state index < -0.39 is 43.7 Å². The molecule has 0 unspecified atom stereocenters. The second-order valence-corrected chi connectivity index (χ2v) is 8.05. The van der Waals surface area contributed by atoms with E-state index in [1.54, 1.807) is 27.7 Å². The molecule has 0 aliphatic carbocycles. The lowest BCUT2D eigenvalue weighted by atomic mass is 9.93. The molecule has 12 nitrogen and oxygen atoms in total. The van der Waals surface area contributed by atoms with Crippen LogP contribution in [0.5, 0.6) is 5.88 Å². The van der Waals surface area contributed by atoms with E-state index in [0.717, 1.165) is 6.92 Å². The number of nitrogens with one attached hydrogen (secondary N) is 1. The predicted octanol–water partition coefficient (Wildman–Crippen LogP) is 1.82. The highest BCUT2D eigenvalue weighted by atomic mass is 31.2. The normalized spacial score (nSPS) is 11.6. The Hall–Kier alpha value is -2.43. The van der Waals surface area contributed by atoms with Crippen LogP contribution in [0.25, 0.3) is 0 Å². The number of aromatic nitrogens is 1. The van der Waals surface area contributed by atoms with Crippen molar-refractivity contribution in [2.24, 2.45) is 0 Å². The molecule has 1 heterocycles. The molecule has 0 bridgehead atoms. The second-order valence-electron chi connectivity index (χ2n) is 6.06. The van der Waals surface area contributed by atoms with Crippen LogP contribution in [0.2, 0.25) is 0 Å². The van der Waals surface area contributed by atoms with Gasteiger partial charge in [0.05, 0.1) is 32.8 Å². The Morgan fingerprint density at radius 3 is 2.03 bits per heavy atom. The van der Waals surface area contributed by atoms with Crippen molar-refractivity contribution in [2.75, 3.05) is 32.8 Å². The van der Waals surface area contributed by atoms with Crippen LogP contribution in [0.3, 0.4) is 0 Å². The van der Waals surface area contributed by atoms with Crippen molar-refractivity contribution in [1.29, 1.82) is 0 Å². The molecule has 0 spiro atoms. The summed E-state index contributed by atoms with van der Waals surface area (Å²) in [5, 5.41) is 5.98. The van der Waals surface area contributed by atoms with Crippen molar-refractivity contribution < 1.29 is 46.7 Å². The van der Waals surface area contributed by atoms with Crippen LogP contribution < -0.4 is 10.1 Å². The van der Waals surface area contributed by atoms with Gasteiger partial charge in [0.25, 0.3) is 5.88 Å². The Bertz CT molecular complexity index is 766. The van der Waals surface area contributed by atoms with Crippen LogP contribution in [-0.2, 0) is 43.9 Å². The van der Waals surface area contributed by atoms with Gasteiger partial charge in [0, 0.05) is 13.0 Å². The number of carbonyl (C=O) groups is 3. The van der Waals surface area contributed by atoms with Gasteiger partial charge in [-0.3, -0.25) is 9.36 Å². The fourth-order valence-electron chi connectivity index (χ4n) is 2.54. The maximum atomic E-state index is 12.6. The lowest BCUT2D eigenvalue weighted by Gasteiger charge is -2.28. The molecule has 31 heavy (non-hydrogen) atoms. The van der Waals surface area contributed by atoms with Crippen molar-refractivity contribution in [3.05, 3.63) is 11.8 Å². The van der Waals surface area contributed by atoms with Crippen LogP contribution in [0.4, 0.5) is 0 Å². The number of carbonyl (C=O) groups excluding carboxylic acids is 3. The molecule has 1 amide bonds. The van der Waals surface area contributed by atoms with Gasteiger partial charge in [-0.1, -0.05) is 0 Å². The molecule has 13 heteroatoms. The average Bonchev–Trinajstić information content (AvgIpc) is 3.13. The lowest BCUT2D eigenvalue weighted by molar-refractivity contribution is -0.168. The SMILES string of the molecule is CCOC(=O)C(Cc1cc(OCP(=O)(OCC)OCC)no1)(NC(C)=O)C(=O)OCC. The van der Waals surface area contributed by atoms with Gasteiger partial charge in [-0.2, -0.15) is 0 Å². The van der Waals surface area contributed by atoms with Crippen molar-refractivity contribution in [1.82, 2.24) is 10.5 Å². The third-order valence-corrected chi connectivity index (χ3v) is 5.38. The summed E-state index contributed by atoms with van der Waals surface area (Å²) in [7, 11) is -3.49. The number of ether oxygens (including phenoxy) is 3. The summed E-state index contributed by atoms with van der Waals surface area (Å²) in [6, 6.07) is 1.28. The molecule has 0 saturated carbocycles. The van der Waals surface area contributed by atoms with Crippen LogP contribution in [0.15, 0.2) is 10.6 Å². The number of nitrogens with zero attached hydrogens (tertiary/aromatic N) is 1. The zero-order valence-corrected chi connectivity index (χ0v) is 19.2. The monoisotopic (exact) mass is 464 g/mol. The molecule has 0 aliphatic heterocycles. The molecule has 176 valence electrons. The van der Waals surface area contributed by atoms with E-state index in [0.29, 0.717) is 0 Å². The van der Waals surface area contributed by atoms with E-state index in [1.807, 2.05) is 0 Å². The molecule has 1 N–H and O–H groups in total. The molecule has 1 aromatic heterocycles. The Labute approximate surface area is 180 Å². The molecule has 0 fully saturated rings. The third-order valence-electron chi connectivity index (χ3n) is 3.64. The van der Waals surface area contributed by atoms with E-state index in [1.165, 1.54) is 6.07 Å². The molecule has 0 atom stereocenters. The van der Waals surface area contributed by atoms with Crippen LogP contribution >= 0.6 is 7.60 Å². The number of amides is 1. The van der Waals surface area contributed by atoms with Crippen LogP contribution in [-0.4, -0.2) is 61.3 Å². The summed E-state index contributed by atoms with van der Waals surface area (Å²) in [5.41, 5.74) is -2.18. The van der Waals surface area contributed by atoms with Gasteiger partial charge in [-0.25, -0.2) is 9.59 Å². The van der Waals surface area contributed by atoms with E-state index >= 15 is 0 Å². The summed E-state index contributed by atoms with van der Waals surface area (Å²) in [6.45, 7) is 7.81. The largest absolute Gasteiger partial charge is 0.464 e. The first-order valence-corrected chi connectivity index (χ1v) is 11.5.